The summed E-state index contributed by atoms with van der Waals surface area (Å²) in [7, 11) is 0. The number of ether oxygens (including phenoxy) is 2. The Labute approximate surface area is 206 Å². The van der Waals surface area contributed by atoms with Gasteiger partial charge in [0, 0.05) is 31.0 Å². The predicted octanol–water partition coefficient (Wildman–Crippen LogP) is 5.91. The molecule has 4 rings (SSSR count). The largest absolute Gasteiger partial charge is 0.493 e. The van der Waals surface area contributed by atoms with Gasteiger partial charge in [-0.15, -0.1) is 11.3 Å². The first kappa shape index (κ1) is 25.2. The number of carbonyl (C=O) groups excluding carboxylic acids is 1. The zero-order chi connectivity index (χ0) is 24.8. The number of amides is 1. The van der Waals surface area contributed by atoms with E-state index in [2.05, 4.69) is 4.98 Å². The van der Waals surface area contributed by atoms with Gasteiger partial charge in [0.25, 0.3) is 5.91 Å². The van der Waals surface area contributed by atoms with E-state index in [4.69, 9.17) is 9.47 Å². The van der Waals surface area contributed by atoms with E-state index in [-0.39, 0.29) is 24.8 Å². The summed E-state index contributed by atoms with van der Waals surface area (Å²) in [6.45, 7) is 3.40. The van der Waals surface area contributed by atoms with E-state index in [1.165, 1.54) is 23.1 Å². The van der Waals surface area contributed by atoms with Crippen LogP contribution in [0.3, 0.4) is 0 Å². The second-order valence-corrected chi connectivity index (χ2v) is 9.41. The van der Waals surface area contributed by atoms with Crippen LogP contribution in [-0.4, -0.2) is 41.7 Å². The smallest absolute Gasteiger partial charge is 0.417 e. The van der Waals surface area contributed by atoms with Gasteiger partial charge >= 0.3 is 6.18 Å². The molecule has 2 aromatic carbocycles. The molecule has 5 nitrogen and oxygen atoms in total. The molecule has 0 bridgehead atoms. The van der Waals surface area contributed by atoms with Gasteiger partial charge < -0.3 is 14.4 Å². The van der Waals surface area contributed by atoms with E-state index in [1.54, 1.807) is 11.3 Å². The van der Waals surface area contributed by atoms with Crippen molar-refractivity contribution in [3.8, 4) is 5.75 Å². The van der Waals surface area contributed by atoms with Gasteiger partial charge in [0.15, 0.2) is 0 Å². The summed E-state index contributed by atoms with van der Waals surface area (Å²) in [5, 5.41) is 0. The van der Waals surface area contributed by atoms with E-state index < -0.39 is 17.6 Å². The number of nitrogens with zero attached hydrogens (tertiary/aromatic N) is 2. The van der Waals surface area contributed by atoms with Crippen molar-refractivity contribution in [2.45, 2.75) is 45.0 Å². The minimum absolute atomic E-state index is 0.149. The minimum atomic E-state index is -4.62. The molecule has 0 spiro atoms. The number of benzene rings is 2. The Morgan fingerprint density at radius 1 is 1.23 bits per heavy atom. The highest BCUT2D eigenvalue weighted by molar-refractivity contribution is 7.09. The molecule has 0 radical (unpaired) electrons. The Kier molecular flexibility index (Phi) is 8.07. The molecule has 1 fully saturated rings. The third-order valence-corrected chi connectivity index (χ3v) is 6.91. The summed E-state index contributed by atoms with van der Waals surface area (Å²) in [6, 6.07) is 12.2. The molecule has 1 aliphatic rings. The Balaban J connectivity index is 1.50. The van der Waals surface area contributed by atoms with Crippen LogP contribution in [0.15, 0.2) is 54.0 Å². The zero-order valence-corrected chi connectivity index (χ0v) is 20.2. The molecule has 1 aromatic heterocycles. The van der Waals surface area contributed by atoms with Crippen LogP contribution < -0.4 is 4.74 Å². The number of carbonyl (C=O) groups is 1. The number of thiazole rings is 1. The molecule has 0 saturated carbocycles. The van der Waals surface area contributed by atoms with Crippen LogP contribution in [0.25, 0.3) is 0 Å². The average molecular weight is 505 g/mol. The molecule has 1 unspecified atom stereocenters. The lowest BCUT2D eigenvalue weighted by atomic mass is 10.0. The fourth-order valence-electron chi connectivity index (χ4n) is 4.12. The molecule has 1 saturated heterocycles. The summed E-state index contributed by atoms with van der Waals surface area (Å²) in [6.07, 6.45) is -2.44. The lowest BCUT2D eigenvalue weighted by molar-refractivity contribution is -0.138. The second kappa shape index (κ2) is 11.2. The zero-order valence-electron chi connectivity index (χ0n) is 19.4. The van der Waals surface area contributed by atoms with Gasteiger partial charge in [-0.3, -0.25) is 4.79 Å². The molecule has 1 aliphatic heterocycles. The van der Waals surface area contributed by atoms with Gasteiger partial charge in [-0.25, -0.2) is 4.98 Å². The lowest BCUT2D eigenvalue weighted by Gasteiger charge is -2.27. The average Bonchev–Trinajstić information content (AvgIpc) is 3.50. The van der Waals surface area contributed by atoms with Crippen molar-refractivity contribution in [3.05, 3.63) is 81.3 Å². The normalized spacial score (nSPS) is 15.8. The molecular formula is C26H27F3N2O3S. The maximum Gasteiger partial charge on any atom is 0.417 e. The number of rotatable bonds is 9. The maximum absolute atomic E-state index is 13.6. The molecular weight excluding hydrogens is 477 g/mol. The van der Waals surface area contributed by atoms with Crippen LogP contribution in [-0.2, 0) is 23.9 Å². The summed E-state index contributed by atoms with van der Waals surface area (Å²) in [4.78, 5) is 20.2. The molecule has 1 amide bonds. The molecule has 0 N–H and O–H groups in total. The Morgan fingerprint density at radius 3 is 2.77 bits per heavy atom. The van der Waals surface area contributed by atoms with Crippen molar-refractivity contribution in [2.24, 2.45) is 0 Å². The summed E-state index contributed by atoms with van der Waals surface area (Å²) in [5.41, 5.74) is 2.28. The molecule has 2 heterocycles. The van der Waals surface area contributed by atoms with Crippen molar-refractivity contribution >= 4 is 17.2 Å². The maximum atomic E-state index is 13.6. The van der Waals surface area contributed by atoms with E-state index in [0.717, 1.165) is 41.5 Å². The first-order valence-electron chi connectivity index (χ1n) is 11.5. The second-order valence-electron chi connectivity index (χ2n) is 8.47. The standard InChI is InChI=1S/C26H27F3N2O3S/c1-18-24(35-17-30-18)11-13-34-20-7-4-6-19(14-20)15-31(16-21-8-5-12-33-21)25(32)22-9-2-3-10-23(22)26(27,28)29/h2-4,6-7,9-10,14,17,21H,5,8,11-13,15-16H2,1H3. The molecule has 186 valence electrons. The van der Waals surface area contributed by atoms with Gasteiger partial charge in [-0.2, -0.15) is 13.2 Å². The highest BCUT2D eigenvalue weighted by Crippen LogP contribution is 2.33. The first-order chi connectivity index (χ1) is 16.8. The number of halogens is 3. The molecule has 35 heavy (non-hydrogen) atoms. The molecule has 1 atom stereocenters. The fraction of sp³-hybridized carbons (Fsp3) is 0.385. The predicted molar refractivity (Wildman–Crippen MR) is 128 cm³/mol. The molecule has 3 aromatic rings. The monoisotopic (exact) mass is 504 g/mol. The quantitative estimate of drug-likeness (QED) is 0.363. The van der Waals surface area contributed by atoms with E-state index in [1.807, 2.05) is 36.7 Å². The number of hydrogen-bond donors (Lipinski definition) is 0. The van der Waals surface area contributed by atoms with Gasteiger partial charge in [0.2, 0.25) is 0 Å². The van der Waals surface area contributed by atoms with Crippen LogP contribution in [0.2, 0.25) is 0 Å². The van der Waals surface area contributed by atoms with E-state index >= 15 is 0 Å². The SMILES string of the molecule is Cc1ncsc1CCOc1cccc(CN(CC2CCCO2)C(=O)c2ccccc2C(F)(F)F)c1. The number of aromatic nitrogens is 1. The van der Waals surface area contributed by atoms with Crippen LogP contribution in [0, 0.1) is 6.92 Å². The van der Waals surface area contributed by atoms with Gasteiger partial charge in [-0.1, -0.05) is 24.3 Å². The van der Waals surface area contributed by atoms with Crippen LogP contribution >= 0.6 is 11.3 Å². The van der Waals surface area contributed by atoms with Crippen molar-refractivity contribution in [1.29, 1.82) is 0 Å². The van der Waals surface area contributed by atoms with E-state index in [0.29, 0.717) is 19.0 Å². The summed E-state index contributed by atoms with van der Waals surface area (Å²) in [5.74, 6) is -0.0229. The number of alkyl halides is 3. The van der Waals surface area contributed by atoms with Crippen molar-refractivity contribution < 1.29 is 27.4 Å². The topological polar surface area (TPSA) is 51.7 Å². The number of hydrogen-bond acceptors (Lipinski definition) is 5. The van der Waals surface area contributed by atoms with Crippen LogP contribution in [0.5, 0.6) is 5.75 Å². The minimum Gasteiger partial charge on any atom is -0.493 e. The van der Waals surface area contributed by atoms with E-state index in [9.17, 15) is 18.0 Å². The van der Waals surface area contributed by atoms with Crippen molar-refractivity contribution in [3.63, 3.8) is 0 Å². The lowest BCUT2D eigenvalue weighted by Crippen LogP contribution is -2.37. The Hall–Kier alpha value is -2.91. The number of aryl methyl sites for hydroxylation is 1. The first-order valence-corrected chi connectivity index (χ1v) is 12.4. The third kappa shape index (κ3) is 6.61. The van der Waals surface area contributed by atoms with Crippen molar-refractivity contribution in [2.75, 3.05) is 19.8 Å². The van der Waals surface area contributed by atoms with Crippen molar-refractivity contribution in [1.82, 2.24) is 9.88 Å². The van der Waals surface area contributed by atoms with Crippen LogP contribution in [0.4, 0.5) is 13.2 Å². The van der Waals surface area contributed by atoms with Gasteiger partial charge in [0.05, 0.1) is 35.0 Å². The highest BCUT2D eigenvalue weighted by Gasteiger charge is 2.36. The van der Waals surface area contributed by atoms with Crippen LogP contribution in [0.1, 0.15) is 44.9 Å². The van der Waals surface area contributed by atoms with Gasteiger partial charge in [0.1, 0.15) is 5.75 Å². The molecule has 0 aliphatic carbocycles. The summed E-state index contributed by atoms with van der Waals surface area (Å²) >= 11 is 1.59. The molecule has 9 heteroatoms. The van der Waals surface area contributed by atoms with Gasteiger partial charge in [-0.05, 0) is 49.6 Å². The Bertz CT molecular complexity index is 1140. The summed E-state index contributed by atoms with van der Waals surface area (Å²) < 4.78 is 52.3. The Morgan fingerprint density at radius 2 is 2.06 bits per heavy atom. The fourth-order valence-corrected chi connectivity index (χ4v) is 4.88. The highest BCUT2D eigenvalue weighted by atomic mass is 32.1. The third-order valence-electron chi connectivity index (χ3n) is 5.91.